The Kier molecular flexibility index (Phi) is 6.65. The summed E-state index contributed by atoms with van der Waals surface area (Å²) in [6, 6.07) is 15.4. The molecule has 162 valence electrons. The fraction of sp³-hybridized carbons (Fsp3) is 0.217. The Labute approximate surface area is 184 Å². The predicted octanol–water partition coefficient (Wildman–Crippen LogP) is 2.73. The number of morpholine rings is 1. The van der Waals surface area contributed by atoms with Crippen molar-refractivity contribution < 1.29 is 9.13 Å². The van der Waals surface area contributed by atoms with Gasteiger partial charge in [0.05, 0.1) is 25.1 Å². The normalized spacial score (nSPS) is 14.4. The van der Waals surface area contributed by atoms with Crippen LogP contribution in [0.25, 0.3) is 11.3 Å². The first-order valence-corrected chi connectivity index (χ1v) is 10.1. The number of H-pyrrole nitrogens is 1. The summed E-state index contributed by atoms with van der Waals surface area (Å²) in [5.74, 6) is -0.218. The number of benzene rings is 2. The molecule has 0 spiro atoms. The number of hydrogen-bond acceptors (Lipinski definition) is 7. The average Bonchev–Trinajstić information content (AvgIpc) is 2.81. The Morgan fingerprint density at radius 1 is 1.25 bits per heavy atom. The van der Waals surface area contributed by atoms with Crippen molar-refractivity contribution in [2.75, 3.05) is 31.7 Å². The molecular weight excluding hydrogens is 411 g/mol. The number of hydrogen-bond donors (Lipinski definition) is 2. The highest BCUT2D eigenvalue weighted by molar-refractivity contribution is 5.82. The molecule has 0 amide bonds. The van der Waals surface area contributed by atoms with Gasteiger partial charge in [0, 0.05) is 25.2 Å². The second-order valence-electron chi connectivity index (χ2n) is 7.22. The molecule has 32 heavy (non-hydrogen) atoms. The van der Waals surface area contributed by atoms with Gasteiger partial charge in [-0.05, 0) is 23.3 Å². The van der Waals surface area contributed by atoms with Gasteiger partial charge in [-0.15, -0.1) is 0 Å². The van der Waals surface area contributed by atoms with Crippen LogP contribution in [0, 0.1) is 17.1 Å². The highest BCUT2D eigenvalue weighted by atomic mass is 19.1. The van der Waals surface area contributed by atoms with Gasteiger partial charge in [-0.1, -0.05) is 36.4 Å². The first kappa shape index (κ1) is 21.4. The number of halogens is 1. The monoisotopic (exact) mass is 432 g/mol. The number of nitriles is 1. The summed E-state index contributed by atoms with van der Waals surface area (Å²) in [5, 5.41) is 13.5. The number of rotatable bonds is 6. The summed E-state index contributed by atoms with van der Waals surface area (Å²) in [7, 11) is 0. The van der Waals surface area contributed by atoms with Gasteiger partial charge in [-0.25, -0.2) is 14.8 Å². The van der Waals surface area contributed by atoms with Crippen molar-refractivity contribution in [1.29, 1.82) is 5.26 Å². The number of nitrogens with zero attached hydrogens (tertiary/aromatic N) is 4. The third-order valence-corrected chi connectivity index (χ3v) is 5.06. The zero-order valence-corrected chi connectivity index (χ0v) is 17.2. The van der Waals surface area contributed by atoms with Crippen LogP contribution < -0.4 is 11.0 Å². The van der Waals surface area contributed by atoms with Crippen molar-refractivity contribution in [3.8, 4) is 17.3 Å². The highest BCUT2D eigenvalue weighted by Gasteiger charge is 2.14. The molecule has 1 aromatic heterocycles. The number of hydrazone groups is 1. The number of aromatic amines is 1. The van der Waals surface area contributed by atoms with E-state index in [-0.39, 0.29) is 23.0 Å². The van der Waals surface area contributed by atoms with Crippen molar-refractivity contribution in [3.63, 3.8) is 0 Å². The van der Waals surface area contributed by atoms with Gasteiger partial charge in [0.2, 0.25) is 5.95 Å². The summed E-state index contributed by atoms with van der Waals surface area (Å²) in [6.07, 6.45) is 1.55. The predicted molar refractivity (Wildman–Crippen MR) is 119 cm³/mol. The van der Waals surface area contributed by atoms with E-state index in [4.69, 9.17) is 4.74 Å². The first-order chi connectivity index (χ1) is 15.6. The molecule has 9 heteroatoms. The first-order valence-electron chi connectivity index (χ1n) is 10.1. The van der Waals surface area contributed by atoms with Gasteiger partial charge in [0.1, 0.15) is 17.4 Å². The van der Waals surface area contributed by atoms with Gasteiger partial charge in [-0.3, -0.25) is 14.7 Å². The maximum atomic E-state index is 13.8. The van der Waals surface area contributed by atoms with Crippen LogP contribution in [0.2, 0.25) is 0 Å². The number of aromatic nitrogens is 2. The molecule has 0 bridgehead atoms. The molecule has 1 saturated heterocycles. The molecule has 0 atom stereocenters. The van der Waals surface area contributed by atoms with E-state index in [1.165, 1.54) is 12.1 Å². The van der Waals surface area contributed by atoms with E-state index >= 15 is 0 Å². The van der Waals surface area contributed by atoms with Gasteiger partial charge >= 0.3 is 0 Å². The summed E-state index contributed by atoms with van der Waals surface area (Å²) in [6.45, 7) is 3.45. The van der Waals surface area contributed by atoms with Crippen LogP contribution in [0.15, 0.2) is 58.4 Å². The molecule has 3 aromatic rings. The summed E-state index contributed by atoms with van der Waals surface area (Å²) in [4.78, 5) is 21.4. The summed E-state index contributed by atoms with van der Waals surface area (Å²) in [5.41, 5.74) is 4.52. The van der Waals surface area contributed by atoms with Crippen LogP contribution in [0.4, 0.5) is 10.3 Å². The molecule has 1 aliphatic heterocycles. The molecule has 0 unspecified atom stereocenters. The third-order valence-electron chi connectivity index (χ3n) is 5.06. The van der Waals surface area contributed by atoms with Crippen LogP contribution in [0.3, 0.4) is 0 Å². The molecule has 2 heterocycles. The average molecular weight is 432 g/mol. The maximum Gasteiger partial charge on any atom is 0.270 e. The van der Waals surface area contributed by atoms with E-state index in [1.807, 2.05) is 12.1 Å². The summed E-state index contributed by atoms with van der Waals surface area (Å²) >= 11 is 0. The third kappa shape index (κ3) is 5.06. The number of ether oxygens (including phenoxy) is 1. The van der Waals surface area contributed by atoms with Crippen LogP contribution in [0.1, 0.15) is 16.7 Å². The lowest BCUT2D eigenvalue weighted by molar-refractivity contribution is 0.0341. The minimum absolute atomic E-state index is 0.0722. The van der Waals surface area contributed by atoms with Gasteiger partial charge in [0.15, 0.2) is 0 Å². The van der Waals surface area contributed by atoms with Gasteiger partial charge < -0.3 is 4.74 Å². The number of nitrogens with one attached hydrogen (secondary N) is 2. The molecule has 1 fully saturated rings. The van der Waals surface area contributed by atoms with Crippen molar-refractivity contribution in [2.45, 2.75) is 6.54 Å². The van der Waals surface area contributed by atoms with Crippen molar-refractivity contribution in [1.82, 2.24) is 14.9 Å². The molecule has 2 aromatic carbocycles. The van der Waals surface area contributed by atoms with Crippen LogP contribution in [-0.4, -0.2) is 47.4 Å². The second-order valence-corrected chi connectivity index (χ2v) is 7.22. The highest BCUT2D eigenvalue weighted by Crippen LogP contribution is 2.19. The molecule has 8 nitrogen and oxygen atoms in total. The lowest BCUT2D eigenvalue weighted by atomic mass is 10.1. The Balaban J connectivity index is 1.56. The van der Waals surface area contributed by atoms with Crippen LogP contribution >= 0.6 is 0 Å². The molecular formula is C23H21FN6O2. The minimum Gasteiger partial charge on any atom is -0.379 e. The molecule has 2 N–H and O–H groups in total. The fourth-order valence-electron chi connectivity index (χ4n) is 3.44. The molecule has 1 aliphatic rings. The second kappa shape index (κ2) is 9.96. The largest absolute Gasteiger partial charge is 0.379 e. The molecule has 0 radical (unpaired) electrons. The lowest BCUT2D eigenvalue weighted by Crippen LogP contribution is -2.35. The minimum atomic E-state index is -0.561. The molecule has 0 aliphatic carbocycles. The topological polar surface area (TPSA) is 106 Å². The standard InChI is InChI=1S/C23H21FN6O2/c24-19-7-6-17(18(12-19)15-30-8-10-32-11-9-30)14-26-29-23-27-21(16-4-2-1-3-5-16)20(13-25)22(31)28-23/h1-7,12,14H,8-11,15H2,(H2,27,28,29,31). The maximum absolute atomic E-state index is 13.8. The Hall–Kier alpha value is -3.87. The van der Waals surface area contributed by atoms with E-state index in [9.17, 15) is 14.4 Å². The van der Waals surface area contributed by atoms with E-state index < -0.39 is 5.56 Å². The molecule has 4 rings (SSSR count). The van der Waals surface area contributed by atoms with Crippen molar-refractivity contribution >= 4 is 12.2 Å². The Morgan fingerprint density at radius 3 is 2.78 bits per heavy atom. The summed E-state index contributed by atoms with van der Waals surface area (Å²) < 4.78 is 19.2. The van der Waals surface area contributed by atoms with E-state index in [0.29, 0.717) is 25.3 Å². The SMILES string of the molecule is N#Cc1c(-c2ccccc2)nc(NN=Cc2ccc(F)cc2CN2CCOCC2)[nH]c1=O. The van der Waals surface area contributed by atoms with Gasteiger partial charge in [-0.2, -0.15) is 10.4 Å². The Bertz CT molecular complexity index is 1210. The van der Waals surface area contributed by atoms with Gasteiger partial charge in [0.25, 0.3) is 5.56 Å². The van der Waals surface area contributed by atoms with Crippen molar-refractivity contribution in [3.05, 3.63) is 81.4 Å². The fourth-order valence-corrected chi connectivity index (χ4v) is 3.44. The van der Waals surface area contributed by atoms with Crippen LogP contribution in [-0.2, 0) is 11.3 Å². The lowest BCUT2D eigenvalue weighted by Gasteiger charge is -2.27. The van der Waals surface area contributed by atoms with Crippen molar-refractivity contribution in [2.24, 2.45) is 5.10 Å². The van der Waals surface area contributed by atoms with Crippen LogP contribution in [0.5, 0.6) is 0 Å². The van der Waals surface area contributed by atoms with E-state index in [1.54, 1.807) is 36.5 Å². The zero-order chi connectivity index (χ0) is 22.3. The quantitative estimate of drug-likeness (QED) is 0.458. The number of anilines is 1. The smallest absolute Gasteiger partial charge is 0.270 e. The van der Waals surface area contributed by atoms with E-state index in [2.05, 4.69) is 25.4 Å². The van der Waals surface area contributed by atoms with E-state index in [0.717, 1.165) is 24.2 Å². The Morgan fingerprint density at radius 2 is 2.03 bits per heavy atom. The zero-order valence-electron chi connectivity index (χ0n) is 17.2. The molecule has 0 saturated carbocycles.